The van der Waals surface area contributed by atoms with Gasteiger partial charge < -0.3 is 13.9 Å². The van der Waals surface area contributed by atoms with Crippen molar-refractivity contribution in [2.45, 2.75) is 0 Å². The van der Waals surface area contributed by atoms with Gasteiger partial charge >= 0.3 is 5.97 Å². The summed E-state index contributed by atoms with van der Waals surface area (Å²) in [4.78, 5) is 15.1. The minimum absolute atomic E-state index is 0.258. The third-order valence-electron chi connectivity index (χ3n) is 2.41. The van der Waals surface area contributed by atoms with E-state index in [1.807, 2.05) is 0 Å². The first kappa shape index (κ1) is 10.8. The lowest BCUT2D eigenvalue weighted by atomic mass is 10.2. The van der Waals surface area contributed by atoms with Crippen LogP contribution in [0.25, 0.3) is 22.8 Å². The smallest absolute Gasteiger partial charge is 0.346 e. The maximum absolute atomic E-state index is 11.0. The topological polar surface area (TPSA) is 76.5 Å². The molecule has 0 atom stereocenters. The zero-order chi connectivity index (χ0) is 12.5. The number of thiophene rings is 1. The fourth-order valence-electron chi connectivity index (χ4n) is 1.62. The minimum Gasteiger partial charge on any atom is -0.477 e. The summed E-state index contributed by atoms with van der Waals surface area (Å²) in [6.45, 7) is 0. The average Bonchev–Trinajstić information content (AvgIpc) is 3.10. The van der Waals surface area contributed by atoms with Gasteiger partial charge in [-0.05, 0) is 23.6 Å². The SMILES string of the molecule is O=C(O)c1sccc1-c1ccc(-c2cnco2)o1. The van der Waals surface area contributed by atoms with E-state index in [0.29, 0.717) is 22.8 Å². The maximum atomic E-state index is 11.0. The molecule has 3 heterocycles. The molecule has 0 spiro atoms. The van der Waals surface area contributed by atoms with Gasteiger partial charge in [0.2, 0.25) is 0 Å². The number of oxazole rings is 1. The Morgan fingerprint density at radius 2 is 2.06 bits per heavy atom. The molecule has 0 aliphatic heterocycles. The van der Waals surface area contributed by atoms with Gasteiger partial charge in [-0.25, -0.2) is 9.78 Å². The Bertz CT molecular complexity index is 681. The number of furan rings is 1. The van der Waals surface area contributed by atoms with Crippen LogP contribution in [0.2, 0.25) is 0 Å². The van der Waals surface area contributed by atoms with Gasteiger partial charge in [0.25, 0.3) is 0 Å². The van der Waals surface area contributed by atoms with E-state index in [9.17, 15) is 4.79 Å². The van der Waals surface area contributed by atoms with Crippen LogP contribution in [0.15, 0.2) is 45.0 Å². The van der Waals surface area contributed by atoms with Crippen molar-refractivity contribution in [1.82, 2.24) is 4.98 Å². The molecule has 1 N–H and O–H groups in total. The predicted octanol–water partition coefficient (Wildman–Crippen LogP) is 3.36. The Kier molecular flexibility index (Phi) is 2.49. The minimum atomic E-state index is -0.961. The standard InChI is InChI=1S/C12H7NO4S/c14-12(15)11-7(3-4-18-11)8-1-2-9(17-8)10-5-13-6-16-10/h1-6H,(H,14,15). The molecule has 0 saturated heterocycles. The van der Waals surface area contributed by atoms with E-state index in [0.717, 1.165) is 11.3 Å². The summed E-state index contributed by atoms with van der Waals surface area (Å²) in [5.41, 5.74) is 0.568. The monoisotopic (exact) mass is 261 g/mol. The molecule has 0 amide bonds. The fourth-order valence-corrected chi connectivity index (χ4v) is 2.36. The summed E-state index contributed by atoms with van der Waals surface area (Å²) in [6, 6.07) is 5.16. The molecule has 0 radical (unpaired) electrons. The Morgan fingerprint density at radius 3 is 2.78 bits per heavy atom. The van der Waals surface area contributed by atoms with Crippen molar-refractivity contribution in [3.8, 4) is 22.8 Å². The number of rotatable bonds is 3. The van der Waals surface area contributed by atoms with E-state index in [1.165, 1.54) is 12.6 Å². The zero-order valence-corrected chi connectivity index (χ0v) is 9.81. The molecule has 5 nitrogen and oxygen atoms in total. The van der Waals surface area contributed by atoms with Crippen molar-refractivity contribution in [2.24, 2.45) is 0 Å². The van der Waals surface area contributed by atoms with Crippen molar-refractivity contribution in [2.75, 3.05) is 0 Å². The van der Waals surface area contributed by atoms with E-state index in [2.05, 4.69) is 4.98 Å². The summed E-state index contributed by atoms with van der Waals surface area (Å²) in [5.74, 6) is 0.566. The van der Waals surface area contributed by atoms with Gasteiger partial charge in [-0.2, -0.15) is 0 Å². The van der Waals surface area contributed by atoms with Crippen LogP contribution in [0.1, 0.15) is 9.67 Å². The van der Waals surface area contributed by atoms with Gasteiger partial charge in [-0.15, -0.1) is 11.3 Å². The van der Waals surface area contributed by atoms with Crippen molar-refractivity contribution < 1.29 is 18.7 Å². The van der Waals surface area contributed by atoms with Crippen LogP contribution in [0.3, 0.4) is 0 Å². The Morgan fingerprint density at radius 1 is 1.22 bits per heavy atom. The summed E-state index contributed by atoms with van der Waals surface area (Å²) >= 11 is 1.16. The first-order chi connectivity index (χ1) is 8.75. The number of nitrogens with zero attached hydrogens (tertiary/aromatic N) is 1. The lowest BCUT2D eigenvalue weighted by Gasteiger charge is -1.95. The quantitative estimate of drug-likeness (QED) is 0.782. The third-order valence-corrected chi connectivity index (χ3v) is 3.31. The van der Waals surface area contributed by atoms with Gasteiger partial charge in [0.1, 0.15) is 10.6 Å². The second-order valence-electron chi connectivity index (χ2n) is 3.50. The highest BCUT2D eigenvalue weighted by Gasteiger charge is 2.17. The second kappa shape index (κ2) is 4.15. The highest BCUT2D eigenvalue weighted by molar-refractivity contribution is 7.12. The number of carbonyl (C=O) groups is 1. The molecule has 6 heteroatoms. The number of hydrogen-bond acceptors (Lipinski definition) is 5. The van der Waals surface area contributed by atoms with Gasteiger partial charge in [0.05, 0.1) is 6.20 Å². The van der Waals surface area contributed by atoms with Crippen LogP contribution in [-0.2, 0) is 0 Å². The molecule has 3 rings (SSSR count). The molecular formula is C12H7NO4S. The van der Waals surface area contributed by atoms with Crippen LogP contribution >= 0.6 is 11.3 Å². The molecule has 90 valence electrons. The molecule has 0 aromatic carbocycles. The lowest BCUT2D eigenvalue weighted by molar-refractivity contribution is 0.0702. The lowest BCUT2D eigenvalue weighted by Crippen LogP contribution is -1.93. The predicted molar refractivity (Wildman–Crippen MR) is 64.5 cm³/mol. The summed E-state index contributed by atoms with van der Waals surface area (Å²) in [6.07, 6.45) is 2.85. The van der Waals surface area contributed by atoms with E-state index in [1.54, 1.807) is 23.6 Å². The number of carboxylic acid groups (broad SMARTS) is 1. The molecule has 0 fully saturated rings. The van der Waals surface area contributed by atoms with Crippen LogP contribution in [0.5, 0.6) is 0 Å². The summed E-state index contributed by atoms with van der Waals surface area (Å²) in [7, 11) is 0. The van der Waals surface area contributed by atoms with Crippen LogP contribution in [0, 0.1) is 0 Å². The van der Waals surface area contributed by atoms with E-state index in [4.69, 9.17) is 13.9 Å². The first-order valence-electron chi connectivity index (χ1n) is 5.05. The Labute approximate surface area is 105 Å². The van der Waals surface area contributed by atoms with Crippen molar-refractivity contribution >= 4 is 17.3 Å². The van der Waals surface area contributed by atoms with E-state index >= 15 is 0 Å². The third kappa shape index (κ3) is 1.72. The summed E-state index contributed by atoms with van der Waals surface area (Å²) in [5, 5.41) is 10.8. The van der Waals surface area contributed by atoms with E-state index < -0.39 is 5.97 Å². The molecule has 3 aromatic heterocycles. The summed E-state index contributed by atoms with van der Waals surface area (Å²) < 4.78 is 10.7. The molecule has 0 aliphatic rings. The van der Waals surface area contributed by atoms with Gasteiger partial charge in [0.15, 0.2) is 17.9 Å². The van der Waals surface area contributed by atoms with Crippen molar-refractivity contribution in [1.29, 1.82) is 0 Å². The van der Waals surface area contributed by atoms with Gasteiger partial charge in [-0.3, -0.25) is 0 Å². The molecule has 0 saturated carbocycles. The Hall–Kier alpha value is -2.34. The molecule has 3 aromatic rings. The van der Waals surface area contributed by atoms with Crippen LogP contribution in [-0.4, -0.2) is 16.1 Å². The number of aromatic nitrogens is 1. The van der Waals surface area contributed by atoms with Crippen LogP contribution < -0.4 is 0 Å². The molecule has 0 aliphatic carbocycles. The van der Waals surface area contributed by atoms with E-state index in [-0.39, 0.29) is 4.88 Å². The van der Waals surface area contributed by atoms with Crippen molar-refractivity contribution in [3.63, 3.8) is 0 Å². The first-order valence-corrected chi connectivity index (χ1v) is 5.93. The number of aromatic carboxylic acids is 1. The maximum Gasteiger partial charge on any atom is 0.346 e. The highest BCUT2D eigenvalue weighted by Crippen LogP contribution is 2.32. The number of carboxylic acids is 1. The fraction of sp³-hybridized carbons (Fsp3) is 0. The molecule has 18 heavy (non-hydrogen) atoms. The Balaban J connectivity index is 2.03. The molecular weight excluding hydrogens is 254 g/mol. The van der Waals surface area contributed by atoms with Gasteiger partial charge in [-0.1, -0.05) is 0 Å². The van der Waals surface area contributed by atoms with Crippen LogP contribution in [0.4, 0.5) is 0 Å². The molecule has 0 bridgehead atoms. The van der Waals surface area contributed by atoms with Gasteiger partial charge in [0, 0.05) is 5.56 Å². The zero-order valence-electron chi connectivity index (χ0n) is 8.99. The normalized spacial score (nSPS) is 10.7. The largest absolute Gasteiger partial charge is 0.477 e. The van der Waals surface area contributed by atoms with Crippen molar-refractivity contribution in [3.05, 3.63) is 41.0 Å². The number of hydrogen-bond donors (Lipinski definition) is 1. The molecule has 0 unspecified atom stereocenters. The highest BCUT2D eigenvalue weighted by atomic mass is 32.1. The average molecular weight is 261 g/mol. The second-order valence-corrected chi connectivity index (χ2v) is 4.41.